The summed E-state index contributed by atoms with van der Waals surface area (Å²) in [7, 11) is 1.83. The molecule has 3 rings (SSSR count). The van der Waals surface area contributed by atoms with Crippen molar-refractivity contribution in [1.82, 2.24) is 20.2 Å². The molecule has 1 fully saturated rings. The highest BCUT2D eigenvalue weighted by Gasteiger charge is 2.23. The Hall–Kier alpha value is -1.29. The van der Waals surface area contributed by atoms with Crippen molar-refractivity contribution in [1.29, 1.82) is 0 Å². The van der Waals surface area contributed by atoms with E-state index in [1.807, 2.05) is 25.8 Å². The number of aryl methyl sites for hydroxylation is 1. The molecule has 2 aromatic rings. The average molecular weight is 533 g/mol. The van der Waals surface area contributed by atoms with Gasteiger partial charge in [0.25, 0.3) is 0 Å². The summed E-state index contributed by atoms with van der Waals surface area (Å²) in [5.74, 6) is 0.883. The molecule has 0 spiro atoms. The second-order valence-electron chi connectivity index (χ2n) is 6.21. The number of hydrogen-bond acceptors (Lipinski definition) is 3. The van der Waals surface area contributed by atoms with Gasteiger partial charge in [0.05, 0.1) is 6.33 Å². The lowest BCUT2D eigenvalue weighted by atomic mass is 10.2. The highest BCUT2D eigenvalue weighted by molar-refractivity contribution is 14.0. The van der Waals surface area contributed by atoms with Crippen LogP contribution in [0.3, 0.4) is 0 Å². The maximum absolute atomic E-state index is 4.35. The van der Waals surface area contributed by atoms with Gasteiger partial charge in [0, 0.05) is 61.8 Å². The zero-order valence-electron chi connectivity index (χ0n) is 14.9. The number of halogens is 2. The second kappa shape index (κ2) is 10.8. The van der Waals surface area contributed by atoms with Crippen molar-refractivity contribution in [2.75, 3.05) is 31.6 Å². The van der Waals surface area contributed by atoms with Gasteiger partial charge in [-0.05, 0) is 37.1 Å². The van der Waals surface area contributed by atoms with Gasteiger partial charge in [-0.2, -0.15) is 0 Å². The fraction of sp³-hybridized carbons (Fsp3) is 0.444. The number of benzene rings is 1. The molecule has 1 aromatic heterocycles. The SMILES string of the molecule is CN=C(NCCCn1ccnc1)NC1CCN(c2ccc(Br)cc2)C1.I. The van der Waals surface area contributed by atoms with Gasteiger partial charge in [-0.25, -0.2) is 4.98 Å². The number of nitrogens with one attached hydrogen (secondary N) is 2. The molecule has 2 N–H and O–H groups in total. The smallest absolute Gasteiger partial charge is 0.191 e. The molecule has 0 amide bonds. The van der Waals surface area contributed by atoms with Crippen LogP contribution in [0.1, 0.15) is 12.8 Å². The molecule has 1 atom stereocenters. The molecule has 1 aliphatic rings. The molecule has 1 unspecified atom stereocenters. The maximum Gasteiger partial charge on any atom is 0.191 e. The van der Waals surface area contributed by atoms with Gasteiger partial charge < -0.3 is 20.1 Å². The van der Waals surface area contributed by atoms with Crippen molar-refractivity contribution in [2.24, 2.45) is 4.99 Å². The third-order valence-corrected chi connectivity index (χ3v) is 4.92. The number of nitrogens with zero attached hydrogens (tertiary/aromatic N) is 4. The Morgan fingerprint density at radius 3 is 2.85 bits per heavy atom. The van der Waals surface area contributed by atoms with Crippen LogP contribution >= 0.6 is 39.9 Å². The molecule has 0 radical (unpaired) electrons. The summed E-state index contributed by atoms with van der Waals surface area (Å²) in [4.78, 5) is 10.8. The molecule has 0 aliphatic carbocycles. The number of rotatable bonds is 6. The molecule has 0 bridgehead atoms. The maximum atomic E-state index is 4.35. The fourth-order valence-corrected chi connectivity index (χ4v) is 3.30. The van der Waals surface area contributed by atoms with Crippen molar-refractivity contribution in [2.45, 2.75) is 25.4 Å². The first-order valence-corrected chi connectivity index (χ1v) is 9.47. The molecule has 1 aromatic carbocycles. The van der Waals surface area contributed by atoms with Gasteiger partial charge in [-0.3, -0.25) is 4.99 Å². The summed E-state index contributed by atoms with van der Waals surface area (Å²) in [5.41, 5.74) is 1.27. The number of aromatic nitrogens is 2. The van der Waals surface area contributed by atoms with E-state index in [0.29, 0.717) is 6.04 Å². The third kappa shape index (κ3) is 6.15. The summed E-state index contributed by atoms with van der Waals surface area (Å²) in [6.45, 7) is 3.92. The Bertz CT molecular complexity index is 673. The lowest BCUT2D eigenvalue weighted by molar-refractivity contribution is 0.609. The second-order valence-corrected chi connectivity index (χ2v) is 7.12. The lowest BCUT2D eigenvalue weighted by Crippen LogP contribution is -2.45. The Kier molecular flexibility index (Phi) is 8.70. The Labute approximate surface area is 180 Å². The van der Waals surface area contributed by atoms with Crippen molar-refractivity contribution in [3.8, 4) is 0 Å². The zero-order valence-corrected chi connectivity index (χ0v) is 18.9. The number of guanidine groups is 1. The van der Waals surface area contributed by atoms with Gasteiger partial charge in [-0.1, -0.05) is 15.9 Å². The van der Waals surface area contributed by atoms with Crippen molar-refractivity contribution in [3.63, 3.8) is 0 Å². The van der Waals surface area contributed by atoms with Crippen LogP contribution < -0.4 is 15.5 Å². The summed E-state index contributed by atoms with van der Waals surface area (Å²) in [6, 6.07) is 8.93. The van der Waals surface area contributed by atoms with Crippen LogP contribution in [-0.4, -0.2) is 48.2 Å². The molecule has 0 saturated carbocycles. The van der Waals surface area contributed by atoms with Crippen LogP contribution in [0, 0.1) is 0 Å². The Balaban J connectivity index is 0.00000243. The topological polar surface area (TPSA) is 57.5 Å². The summed E-state index contributed by atoms with van der Waals surface area (Å²) in [5, 5.41) is 6.94. The Morgan fingerprint density at radius 1 is 1.35 bits per heavy atom. The van der Waals surface area contributed by atoms with Crippen LogP contribution in [-0.2, 0) is 6.54 Å². The fourth-order valence-electron chi connectivity index (χ4n) is 3.04. The summed E-state index contributed by atoms with van der Waals surface area (Å²) < 4.78 is 3.20. The molecule has 1 aliphatic heterocycles. The largest absolute Gasteiger partial charge is 0.369 e. The molecular weight excluding hydrogens is 507 g/mol. The first-order chi connectivity index (χ1) is 12.2. The van der Waals surface area contributed by atoms with E-state index in [-0.39, 0.29) is 24.0 Å². The van der Waals surface area contributed by atoms with Crippen molar-refractivity contribution < 1.29 is 0 Å². The summed E-state index contributed by atoms with van der Waals surface area (Å²) >= 11 is 3.49. The van der Waals surface area contributed by atoms with Crippen molar-refractivity contribution in [3.05, 3.63) is 47.5 Å². The highest BCUT2D eigenvalue weighted by atomic mass is 127. The predicted molar refractivity (Wildman–Crippen MR) is 122 cm³/mol. The van der Waals surface area contributed by atoms with E-state index < -0.39 is 0 Å². The third-order valence-electron chi connectivity index (χ3n) is 4.39. The van der Waals surface area contributed by atoms with Crippen LogP contribution in [0.25, 0.3) is 0 Å². The molecule has 2 heterocycles. The van der Waals surface area contributed by atoms with E-state index >= 15 is 0 Å². The van der Waals surface area contributed by atoms with E-state index in [1.165, 1.54) is 5.69 Å². The van der Waals surface area contributed by atoms with Gasteiger partial charge in [0.2, 0.25) is 0 Å². The van der Waals surface area contributed by atoms with E-state index in [1.54, 1.807) is 0 Å². The number of imidazole rings is 1. The summed E-state index contributed by atoms with van der Waals surface area (Å²) in [6.07, 6.45) is 7.80. The van der Waals surface area contributed by atoms with Crippen molar-refractivity contribution >= 4 is 51.6 Å². The van der Waals surface area contributed by atoms with E-state index in [2.05, 4.69) is 70.3 Å². The van der Waals surface area contributed by atoms with E-state index in [0.717, 1.165) is 49.5 Å². The molecule has 8 heteroatoms. The number of anilines is 1. The van der Waals surface area contributed by atoms with E-state index in [4.69, 9.17) is 0 Å². The molecule has 26 heavy (non-hydrogen) atoms. The molecule has 6 nitrogen and oxygen atoms in total. The van der Waals surface area contributed by atoms with Gasteiger partial charge in [0.15, 0.2) is 5.96 Å². The normalized spacial score (nSPS) is 17.1. The minimum absolute atomic E-state index is 0. The van der Waals surface area contributed by atoms with Gasteiger partial charge >= 0.3 is 0 Å². The quantitative estimate of drug-likeness (QED) is 0.260. The molecular formula is C18H26BrIN6. The van der Waals surface area contributed by atoms with Gasteiger partial charge in [-0.15, -0.1) is 24.0 Å². The zero-order chi connectivity index (χ0) is 17.5. The first kappa shape index (κ1) is 21.0. The average Bonchev–Trinajstić information content (AvgIpc) is 3.30. The van der Waals surface area contributed by atoms with E-state index in [9.17, 15) is 0 Å². The van der Waals surface area contributed by atoms with Crippen LogP contribution in [0.4, 0.5) is 5.69 Å². The van der Waals surface area contributed by atoms with Crippen LogP contribution in [0.5, 0.6) is 0 Å². The minimum atomic E-state index is 0. The highest BCUT2D eigenvalue weighted by Crippen LogP contribution is 2.22. The minimum Gasteiger partial charge on any atom is -0.369 e. The van der Waals surface area contributed by atoms with Crippen LogP contribution in [0.2, 0.25) is 0 Å². The monoisotopic (exact) mass is 532 g/mol. The lowest BCUT2D eigenvalue weighted by Gasteiger charge is -2.20. The van der Waals surface area contributed by atoms with Crippen LogP contribution in [0.15, 0.2) is 52.5 Å². The number of hydrogen-bond donors (Lipinski definition) is 2. The van der Waals surface area contributed by atoms with Gasteiger partial charge in [0.1, 0.15) is 0 Å². The number of aliphatic imine (C=N–C) groups is 1. The molecule has 1 saturated heterocycles. The standard InChI is InChI=1S/C18H25BrN6.HI/c1-20-18(22-8-2-10-24-12-9-21-14-24)23-16-7-11-25(13-16)17-5-3-15(19)4-6-17;/h3-6,9,12,14,16H,2,7-8,10-11,13H2,1H3,(H2,20,22,23);1H. The Morgan fingerprint density at radius 2 is 2.15 bits per heavy atom. The predicted octanol–water partition coefficient (Wildman–Crippen LogP) is 3.10. The first-order valence-electron chi connectivity index (χ1n) is 8.68. The molecule has 142 valence electrons.